The van der Waals surface area contributed by atoms with Gasteiger partial charge < -0.3 is 14.7 Å². The molecule has 2 N–H and O–H groups in total. The van der Waals surface area contributed by atoms with Gasteiger partial charge >= 0.3 is 0 Å². The van der Waals surface area contributed by atoms with E-state index in [-0.39, 0.29) is 10.8 Å². The molecule has 5 heteroatoms. The zero-order valence-corrected chi connectivity index (χ0v) is 8.76. The third-order valence-corrected chi connectivity index (χ3v) is 2.08. The number of halogens is 1. The summed E-state index contributed by atoms with van der Waals surface area (Å²) in [5.41, 5.74) is 3.43. The molecule has 14 heavy (non-hydrogen) atoms. The van der Waals surface area contributed by atoms with Crippen molar-refractivity contribution < 1.29 is 14.7 Å². The number of hydrogen-bond acceptors (Lipinski definition) is 4. The van der Waals surface area contributed by atoms with Gasteiger partial charge in [0.2, 0.25) is 0 Å². The Bertz CT molecular complexity index is 317. The smallest absolute Gasteiger partial charge is 0.177 e. The standard InChI is InChI=1S/C9H12ClNO3/c1-13-9-6(5-11-14-2)3-4-7(10)8(9)12/h3-4,11-12H,5H2,1-2H3. The molecule has 0 aliphatic heterocycles. The molecule has 0 aliphatic carbocycles. The molecule has 0 aromatic heterocycles. The second-order valence-corrected chi connectivity index (χ2v) is 3.02. The zero-order chi connectivity index (χ0) is 10.6. The fraction of sp³-hybridized carbons (Fsp3) is 0.333. The highest BCUT2D eigenvalue weighted by Gasteiger charge is 2.11. The molecule has 0 saturated carbocycles. The van der Waals surface area contributed by atoms with Crippen LogP contribution in [-0.2, 0) is 11.4 Å². The first-order chi connectivity index (χ1) is 6.70. The minimum Gasteiger partial charge on any atom is -0.503 e. The van der Waals surface area contributed by atoms with Gasteiger partial charge in [0.05, 0.1) is 19.2 Å². The van der Waals surface area contributed by atoms with E-state index in [4.69, 9.17) is 21.2 Å². The molecule has 0 aliphatic rings. The minimum absolute atomic E-state index is 0.0513. The first-order valence-electron chi connectivity index (χ1n) is 4.01. The monoisotopic (exact) mass is 217 g/mol. The Kier molecular flexibility index (Phi) is 4.00. The Labute approximate surface area is 87.4 Å². The van der Waals surface area contributed by atoms with Crippen molar-refractivity contribution in [2.24, 2.45) is 0 Å². The van der Waals surface area contributed by atoms with Crippen LogP contribution in [0.5, 0.6) is 11.5 Å². The van der Waals surface area contributed by atoms with E-state index >= 15 is 0 Å². The molecule has 1 aromatic carbocycles. The van der Waals surface area contributed by atoms with Crippen LogP contribution < -0.4 is 10.2 Å². The van der Waals surface area contributed by atoms with Gasteiger partial charge in [0.1, 0.15) is 0 Å². The van der Waals surface area contributed by atoms with Crippen LogP contribution in [0, 0.1) is 0 Å². The zero-order valence-electron chi connectivity index (χ0n) is 8.00. The molecule has 0 amide bonds. The third-order valence-electron chi connectivity index (χ3n) is 1.77. The summed E-state index contributed by atoms with van der Waals surface area (Å²) < 4.78 is 5.02. The van der Waals surface area contributed by atoms with E-state index in [1.54, 1.807) is 12.1 Å². The van der Waals surface area contributed by atoms with Crippen molar-refractivity contribution in [2.45, 2.75) is 6.54 Å². The quantitative estimate of drug-likeness (QED) is 0.754. The number of benzene rings is 1. The van der Waals surface area contributed by atoms with E-state index in [9.17, 15) is 5.11 Å². The topological polar surface area (TPSA) is 50.7 Å². The van der Waals surface area contributed by atoms with Gasteiger partial charge in [-0.15, -0.1) is 0 Å². The number of rotatable bonds is 4. The van der Waals surface area contributed by atoms with Crippen molar-refractivity contribution in [1.82, 2.24) is 5.48 Å². The summed E-state index contributed by atoms with van der Waals surface area (Å²) in [5, 5.41) is 9.82. The van der Waals surface area contributed by atoms with Crippen molar-refractivity contribution in [3.63, 3.8) is 0 Å². The lowest BCUT2D eigenvalue weighted by molar-refractivity contribution is 0.0860. The summed E-state index contributed by atoms with van der Waals surface area (Å²) in [4.78, 5) is 4.70. The van der Waals surface area contributed by atoms with Crippen molar-refractivity contribution in [1.29, 1.82) is 0 Å². The summed E-state index contributed by atoms with van der Waals surface area (Å²) in [6.45, 7) is 0.435. The fourth-order valence-electron chi connectivity index (χ4n) is 1.11. The SMILES string of the molecule is CONCc1ccc(Cl)c(O)c1OC. The third kappa shape index (κ3) is 2.29. The summed E-state index contributed by atoms with van der Waals surface area (Å²) >= 11 is 5.72. The van der Waals surface area contributed by atoms with Gasteiger partial charge in [-0.3, -0.25) is 0 Å². The van der Waals surface area contributed by atoms with E-state index in [0.717, 1.165) is 5.56 Å². The van der Waals surface area contributed by atoms with Gasteiger partial charge in [0.25, 0.3) is 0 Å². The largest absolute Gasteiger partial charge is 0.503 e. The summed E-state index contributed by atoms with van der Waals surface area (Å²) in [5.74, 6) is 0.312. The predicted molar refractivity (Wildman–Crippen MR) is 53.5 cm³/mol. The Morgan fingerprint density at radius 1 is 1.43 bits per heavy atom. The molecule has 0 atom stereocenters. The van der Waals surface area contributed by atoms with Gasteiger partial charge in [-0.1, -0.05) is 17.7 Å². The first-order valence-corrected chi connectivity index (χ1v) is 4.38. The van der Waals surface area contributed by atoms with Crippen LogP contribution in [0.25, 0.3) is 0 Å². The van der Waals surface area contributed by atoms with Crippen LogP contribution in [0.1, 0.15) is 5.56 Å². The van der Waals surface area contributed by atoms with E-state index in [2.05, 4.69) is 5.48 Å². The highest BCUT2D eigenvalue weighted by Crippen LogP contribution is 2.36. The lowest BCUT2D eigenvalue weighted by Crippen LogP contribution is -2.11. The number of aromatic hydroxyl groups is 1. The Morgan fingerprint density at radius 2 is 2.14 bits per heavy atom. The molecule has 78 valence electrons. The second-order valence-electron chi connectivity index (χ2n) is 2.61. The molecule has 1 rings (SSSR count). The fourth-order valence-corrected chi connectivity index (χ4v) is 1.25. The number of phenols is 1. The van der Waals surface area contributed by atoms with Crippen molar-refractivity contribution >= 4 is 11.6 Å². The second kappa shape index (κ2) is 5.05. The van der Waals surface area contributed by atoms with Crippen molar-refractivity contribution in [2.75, 3.05) is 14.2 Å². The van der Waals surface area contributed by atoms with Crippen molar-refractivity contribution in [3.05, 3.63) is 22.7 Å². The van der Waals surface area contributed by atoms with Crippen LogP contribution >= 0.6 is 11.6 Å². The molecule has 0 radical (unpaired) electrons. The number of ether oxygens (including phenoxy) is 1. The lowest BCUT2D eigenvalue weighted by Gasteiger charge is -2.11. The van der Waals surface area contributed by atoms with Crippen LogP contribution in [-0.4, -0.2) is 19.3 Å². The van der Waals surface area contributed by atoms with E-state index < -0.39 is 0 Å². The van der Waals surface area contributed by atoms with Gasteiger partial charge in [0.15, 0.2) is 11.5 Å². The highest BCUT2D eigenvalue weighted by molar-refractivity contribution is 6.32. The molecule has 1 aromatic rings. The van der Waals surface area contributed by atoms with E-state index in [1.807, 2.05) is 0 Å². The van der Waals surface area contributed by atoms with Crippen LogP contribution in [0.15, 0.2) is 12.1 Å². The molecule has 4 nitrogen and oxygen atoms in total. The Hall–Kier alpha value is -0.970. The molecule has 0 spiro atoms. The Balaban J connectivity index is 2.98. The van der Waals surface area contributed by atoms with Crippen LogP contribution in [0.4, 0.5) is 0 Å². The number of hydroxylamine groups is 1. The predicted octanol–water partition coefficient (Wildman–Crippen LogP) is 1.71. The first kappa shape index (κ1) is 11.1. The maximum atomic E-state index is 9.55. The summed E-state index contributed by atoms with van der Waals surface area (Å²) in [6.07, 6.45) is 0. The average molecular weight is 218 g/mol. The molecule has 0 unspecified atom stereocenters. The molecular formula is C9H12ClNO3. The minimum atomic E-state index is -0.0513. The maximum Gasteiger partial charge on any atom is 0.177 e. The van der Waals surface area contributed by atoms with Gasteiger partial charge in [-0.25, -0.2) is 0 Å². The number of methoxy groups -OCH3 is 1. The van der Waals surface area contributed by atoms with Crippen LogP contribution in [0.2, 0.25) is 5.02 Å². The van der Waals surface area contributed by atoms with E-state index in [0.29, 0.717) is 12.3 Å². The maximum absolute atomic E-state index is 9.55. The van der Waals surface area contributed by atoms with Gasteiger partial charge in [0, 0.05) is 12.1 Å². The normalized spacial score (nSPS) is 10.2. The highest BCUT2D eigenvalue weighted by atomic mass is 35.5. The molecule has 0 bridgehead atoms. The summed E-state index contributed by atoms with van der Waals surface area (Å²) in [7, 11) is 2.99. The van der Waals surface area contributed by atoms with Gasteiger partial charge in [-0.2, -0.15) is 5.48 Å². The molecule has 0 saturated heterocycles. The number of hydrogen-bond donors (Lipinski definition) is 2. The van der Waals surface area contributed by atoms with Crippen LogP contribution in [0.3, 0.4) is 0 Å². The van der Waals surface area contributed by atoms with Crippen molar-refractivity contribution in [3.8, 4) is 11.5 Å². The number of nitrogens with one attached hydrogen (secondary N) is 1. The number of phenolic OH excluding ortho intramolecular Hbond substituents is 1. The molecule has 0 fully saturated rings. The lowest BCUT2D eigenvalue weighted by atomic mass is 10.2. The summed E-state index contributed by atoms with van der Waals surface area (Å²) in [6, 6.07) is 3.36. The Morgan fingerprint density at radius 3 is 2.71 bits per heavy atom. The van der Waals surface area contributed by atoms with E-state index in [1.165, 1.54) is 14.2 Å². The molecular weight excluding hydrogens is 206 g/mol. The molecule has 0 heterocycles. The van der Waals surface area contributed by atoms with Gasteiger partial charge in [-0.05, 0) is 6.07 Å². The average Bonchev–Trinajstić information content (AvgIpc) is 2.20.